The molecule has 2 aromatic heterocycles. The van der Waals surface area contributed by atoms with Gasteiger partial charge in [-0.3, -0.25) is 4.98 Å². The quantitative estimate of drug-likeness (QED) is 0.772. The number of carbonyl (C=O) groups excluding carboxylic acids is 1. The predicted octanol–water partition coefficient (Wildman–Crippen LogP) is 3.59. The molecule has 2 amide bonds. The highest BCUT2D eigenvalue weighted by molar-refractivity contribution is 5.89. The third-order valence-corrected chi connectivity index (χ3v) is 3.17. The molecule has 2 heterocycles. The first-order valence-corrected chi connectivity index (χ1v) is 6.89. The zero-order valence-electron chi connectivity index (χ0n) is 11.8. The second-order valence-electron chi connectivity index (χ2n) is 4.69. The Morgan fingerprint density at radius 2 is 1.77 bits per heavy atom. The molecule has 0 fully saturated rings. The summed E-state index contributed by atoms with van der Waals surface area (Å²) in [6, 6.07) is 16.1. The fourth-order valence-electron chi connectivity index (χ4n) is 2.15. The van der Waals surface area contributed by atoms with Crippen LogP contribution in [-0.2, 0) is 0 Å². The monoisotopic (exact) mass is 293 g/mol. The summed E-state index contributed by atoms with van der Waals surface area (Å²) < 4.78 is 5.45. The molecule has 110 valence electrons. The van der Waals surface area contributed by atoms with E-state index < -0.39 is 0 Å². The van der Waals surface area contributed by atoms with Gasteiger partial charge in [-0.05, 0) is 29.8 Å². The van der Waals surface area contributed by atoms with Crippen LogP contribution >= 0.6 is 0 Å². The fraction of sp³-hybridized carbons (Fsp3) is 0.0588. The van der Waals surface area contributed by atoms with E-state index in [0.717, 1.165) is 5.56 Å². The van der Waals surface area contributed by atoms with Gasteiger partial charge >= 0.3 is 6.03 Å². The van der Waals surface area contributed by atoms with E-state index in [9.17, 15) is 4.79 Å². The van der Waals surface area contributed by atoms with Crippen LogP contribution in [0.4, 0.5) is 10.5 Å². The molecule has 0 saturated carbocycles. The number of benzene rings is 1. The minimum atomic E-state index is -0.349. The number of nitrogens with one attached hydrogen (secondary N) is 2. The Balaban J connectivity index is 1.77. The highest BCUT2D eigenvalue weighted by Gasteiger charge is 2.19. The van der Waals surface area contributed by atoms with E-state index in [1.165, 1.54) is 0 Å². The van der Waals surface area contributed by atoms with Gasteiger partial charge < -0.3 is 15.1 Å². The Morgan fingerprint density at radius 3 is 2.45 bits per heavy atom. The van der Waals surface area contributed by atoms with Crippen molar-refractivity contribution in [3.63, 3.8) is 0 Å². The molecule has 0 aliphatic rings. The van der Waals surface area contributed by atoms with Crippen molar-refractivity contribution in [3.05, 3.63) is 84.6 Å². The molecule has 0 bridgehead atoms. The summed E-state index contributed by atoms with van der Waals surface area (Å²) in [7, 11) is 0. The summed E-state index contributed by atoms with van der Waals surface area (Å²) >= 11 is 0. The number of aromatic nitrogens is 1. The summed E-state index contributed by atoms with van der Waals surface area (Å²) in [5, 5.41) is 5.69. The summed E-state index contributed by atoms with van der Waals surface area (Å²) in [4.78, 5) is 16.1. The number of hydrogen-bond donors (Lipinski definition) is 2. The lowest BCUT2D eigenvalue weighted by Crippen LogP contribution is -2.33. The van der Waals surface area contributed by atoms with Gasteiger partial charge in [0.05, 0.1) is 6.26 Å². The summed E-state index contributed by atoms with van der Waals surface area (Å²) in [5.41, 5.74) is 1.63. The number of urea groups is 1. The number of carbonyl (C=O) groups is 1. The van der Waals surface area contributed by atoms with Crippen LogP contribution in [0.25, 0.3) is 0 Å². The smallest absolute Gasteiger partial charge is 0.320 e. The van der Waals surface area contributed by atoms with E-state index in [4.69, 9.17) is 4.42 Å². The maximum Gasteiger partial charge on any atom is 0.320 e. The molecule has 0 unspecified atom stereocenters. The van der Waals surface area contributed by atoms with Crippen molar-refractivity contribution in [1.82, 2.24) is 10.3 Å². The Hall–Kier alpha value is -3.08. The van der Waals surface area contributed by atoms with Crippen LogP contribution in [0.5, 0.6) is 0 Å². The van der Waals surface area contributed by atoms with Crippen molar-refractivity contribution in [2.75, 3.05) is 5.32 Å². The van der Waals surface area contributed by atoms with Crippen LogP contribution in [-0.4, -0.2) is 11.0 Å². The predicted molar refractivity (Wildman–Crippen MR) is 83.4 cm³/mol. The molecule has 2 N–H and O–H groups in total. The largest absolute Gasteiger partial charge is 0.467 e. The normalized spacial score (nSPS) is 11.6. The molecule has 1 aromatic carbocycles. The van der Waals surface area contributed by atoms with Crippen molar-refractivity contribution in [2.45, 2.75) is 6.04 Å². The van der Waals surface area contributed by atoms with Crippen molar-refractivity contribution in [3.8, 4) is 0 Å². The third-order valence-electron chi connectivity index (χ3n) is 3.17. The maximum atomic E-state index is 12.2. The minimum Gasteiger partial charge on any atom is -0.467 e. The van der Waals surface area contributed by atoms with Crippen LogP contribution in [0, 0.1) is 0 Å². The van der Waals surface area contributed by atoms with Gasteiger partial charge in [-0.1, -0.05) is 30.3 Å². The molecule has 22 heavy (non-hydrogen) atoms. The topological polar surface area (TPSA) is 67.2 Å². The van der Waals surface area contributed by atoms with Crippen LogP contribution < -0.4 is 10.6 Å². The lowest BCUT2D eigenvalue weighted by atomic mass is 10.1. The summed E-state index contributed by atoms with van der Waals surface area (Å²) in [5.74, 6) is 0.677. The van der Waals surface area contributed by atoms with Gasteiger partial charge in [-0.2, -0.15) is 0 Å². The van der Waals surface area contributed by atoms with E-state index in [1.54, 1.807) is 36.9 Å². The lowest BCUT2D eigenvalue weighted by molar-refractivity contribution is 0.248. The molecular weight excluding hydrogens is 278 g/mol. The molecule has 1 atom stereocenters. The maximum absolute atomic E-state index is 12.2. The summed E-state index contributed by atoms with van der Waals surface area (Å²) in [6.07, 6.45) is 4.83. The Labute approximate surface area is 128 Å². The molecule has 0 saturated heterocycles. The first-order valence-electron chi connectivity index (χ1n) is 6.89. The first kappa shape index (κ1) is 13.9. The standard InChI is InChI=1S/C17H15N3O2/c21-17(19-14-8-10-18-11-9-14)20-16(15-7-4-12-22-15)13-5-2-1-3-6-13/h1-12,16H,(H2,18,19,20,21)/t16-/m0/s1. The number of rotatable bonds is 4. The number of anilines is 1. The van der Waals surface area contributed by atoms with Gasteiger partial charge in [0.1, 0.15) is 11.8 Å². The van der Waals surface area contributed by atoms with Crippen LogP contribution in [0.15, 0.2) is 77.7 Å². The van der Waals surface area contributed by atoms with E-state index in [-0.39, 0.29) is 12.1 Å². The summed E-state index contributed by atoms with van der Waals surface area (Å²) in [6.45, 7) is 0. The molecule has 0 spiro atoms. The van der Waals surface area contributed by atoms with E-state index in [2.05, 4.69) is 15.6 Å². The lowest BCUT2D eigenvalue weighted by Gasteiger charge is -2.17. The van der Waals surface area contributed by atoms with Crippen LogP contribution in [0.1, 0.15) is 17.4 Å². The molecular formula is C17H15N3O2. The van der Waals surface area contributed by atoms with Crippen molar-refractivity contribution in [2.24, 2.45) is 0 Å². The molecule has 5 nitrogen and oxygen atoms in total. The Kier molecular flexibility index (Phi) is 4.15. The number of furan rings is 1. The molecule has 0 aliphatic heterocycles. The second kappa shape index (κ2) is 6.58. The number of nitrogens with zero attached hydrogens (tertiary/aromatic N) is 1. The minimum absolute atomic E-state index is 0.309. The van der Waals surface area contributed by atoms with Gasteiger partial charge in [0.15, 0.2) is 0 Å². The highest BCUT2D eigenvalue weighted by atomic mass is 16.3. The second-order valence-corrected chi connectivity index (χ2v) is 4.69. The van der Waals surface area contributed by atoms with Crippen molar-refractivity contribution in [1.29, 1.82) is 0 Å². The van der Waals surface area contributed by atoms with E-state index in [0.29, 0.717) is 11.4 Å². The average molecular weight is 293 g/mol. The Morgan fingerprint density at radius 1 is 1.00 bits per heavy atom. The Bertz CT molecular complexity index is 712. The average Bonchev–Trinajstić information content (AvgIpc) is 3.08. The van der Waals surface area contributed by atoms with Crippen LogP contribution in [0.3, 0.4) is 0 Å². The number of amides is 2. The molecule has 0 aliphatic carbocycles. The number of pyridine rings is 1. The zero-order valence-corrected chi connectivity index (χ0v) is 11.8. The number of hydrogen-bond acceptors (Lipinski definition) is 3. The molecule has 3 aromatic rings. The molecule has 3 rings (SSSR count). The SMILES string of the molecule is O=C(Nc1ccncc1)N[C@@H](c1ccccc1)c1ccco1. The molecule has 5 heteroatoms. The van der Waals surface area contributed by atoms with Crippen molar-refractivity contribution >= 4 is 11.7 Å². The van der Waals surface area contributed by atoms with Gasteiger partial charge in [0.25, 0.3) is 0 Å². The van der Waals surface area contributed by atoms with Gasteiger partial charge in [0.2, 0.25) is 0 Å². The zero-order chi connectivity index (χ0) is 15.2. The van der Waals surface area contributed by atoms with E-state index in [1.807, 2.05) is 36.4 Å². The third kappa shape index (κ3) is 3.32. The fourth-order valence-corrected chi connectivity index (χ4v) is 2.15. The van der Waals surface area contributed by atoms with Gasteiger partial charge in [-0.25, -0.2) is 4.79 Å². The first-order chi connectivity index (χ1) is 10.8. The van der Waals surface area contributed by atoms with Crippen LogP contribution in [0.2, 0.25) is 0 Å². The highest BCUT2D eigenvalue weighted by Crippen LogP contribution is 2.22. The van der Waals surface area contributed by atoms with Crippen molar-refractivity contribution < 1.29 is 9.21 Å². The molecule has 0 radical (unpaired) electrons. The van der Waals surface area contributed by atoms with Gasteiger partial charge in [0, 0.05) is 18.1 Å². The van der Waals surface area contributed by atoms with Gasteiger partial charge in [-0.15, -0.1) is 0 Å². The van der Waals surface area contributed by atoms with E-state index >= 15 is 0 Å².